The summed E-state index contributed by atoms with van der Waals surface area (Å²) in [6, 6.07) is 20.5. The van der Waals surface area contributed by atoms with Crippen LogP contribution in [0.1, 0.15) is 31.2 Å². The Morgan fingerprint density at radius 2 is 1.66 bits per heavy atom. The lowest BCUT2D eigenvalue weighted by Crippen LogP contribution is -2.49. The lowest BCUT2D eigenvalue weighted by molar-refractivity contribution is 0.184. The molecule has 0 aliphatic heterocycles. The van der Waals surface area contributed by atoms with Crippen molar-refractivity contribution in [1.82, 2.24) is 15.2 Å². The SMILES string of the molecule is Cn1ccc(-c2ccc(N(C(=O)NCc3ccccc3)[C@H]3CC[C@H](NC(=O)O)CC3)cc2)cc1=O. The molecule has 8 nitrogen and oxygen atoms in total. The molecule has 0 bridgehead atoms. The molecule has 1 aliphatic carbocycles. The highest BCUT2D eigenvalue weighted by Crippen LogP contribution is 2.30. The zero-order valence-electron chi connectivity index (χ0n) is 19.7. The number of carboxylic acid groups (broad SMARTS) is 1. The third kappa shape index (κ3) is 6.09. The number of nitrogens with zero attached hydrogens (tertiary/aromatic N) is 2. The molecule has 3 N–H and O–H groups in total. The number of urea groups is 1. The molecule has 1 aliphatic rings. The first-order chi connectivity index (χ1) is 16.9. The minimum absolute atomic E-state index is 0.0486. The fourth-order valence-electron chi connectivity index (χ4n) is 4.55. The van der Waals surface area contributed by atoms with Gasteiger partial charge < -0.3 is 20.3 Å². The molecule has 3 aromatic rings. The van der Waals surface area contributed by atoms with Crippen LogP contribution in [-0.2, 0) is 13.6 Å². The molecule has 1 fully saturated rings. The van der Waals surface area contributed by atoms with Crippen molar-refractivity contribution >= 4 is 17.8 Å². The number of carbonyl (C=O) groups excluding carboxylic acids is 1. The van der Waals surface area contributed by atoms with E-state index >= 15 is 0 Å². The van der Waals surface area contributed by atoms with Gasteiger partial charge in [0.05, 0.1) is 0 Å². The number of rotatable bonds is 6. The topological polar surface area (TPSA) is 104 Å². The maximum Gasteiger partial charge on any atom is 0.404 e. The van der Waals surface area contributed by atoms with Crippen LogP contribution in [0.25, 0.3) is 11.1 Å². The Morgan fingerprint density at radius 1 is 0.971 bits per heavy atom. The highest BCUT2D eigenvalue weighted by molar-refractivity contribution is 5.93. The van der Waals surface area contributed by atoms with Gasteiger partial charge in [-0.25, -0.2) is 9.59 Å². The summed E-state index contributed by atoms with van der Waals surface area (Å²) in [4.78, 5) is 38.2. The highest BCUT2D eigenvalue weighted by atomic mass is 16.4. The predicted molar refractivity (Wildman–Crippen MR) is 135 cm³/mol. The van der Waals surface area contributed by atoms with Gasteiger partial charge in [-0.3, -0.25) is 9.69 Å². The predicted octanol–water partition coefficient (Wildman–Crippen LogP) is 4.35. The van der Waals surface area contributed by atoms with Crippen molar-refractivity contribution in [2.24, 2.45) is 7.05 Å². The Morgan fingerprint density at radius 3 is 2.29 bits per heavy atom. The number of pyridine rings is 1. The van der Waals surface area contributed by atoms with Gasteiger partial charge in [-0.05, 0) is 60.6 Å². The summed E-state index contributed by atoms with van der Waals surface area (Å²) < 4.78 is 1.52. The molecule has 3 amide bonds. The van der Waals surface area contributed by atoms with Gasteiger partial charge in [-0.15, -0.1) is 0 Å². The second kappa shape index (κ2) is 10.9. The van der Waals surface area contributed by atoms with Crippen molar-refractivity contribution < 1.29 is 14.7 Å². The molecule has 0 atom stereocenters. The number of nitrogens with one attached hydrogen (secondary N) is 2. The van der Waals surface area contributed by atoms with Gasteiger partial charge >= 0.3 is 12.1 Å². The molecule has 2 aromatic carbocycles. The Balaban J connectivity index is 1.54. The van der Waals surface area contributed by atoms with E-state index in [0.29, 0.717) is 32.2 Å². The van der Waals surface area contributed by atoms with E-state index in [-0.39, 0.29) is 23.7 Å². The third-order valence-electron chi connectivity index (χ3n) is 6.48. The van der Waals surface area contributed by atoms with Gasteiger partial charge in [0.1, 0.15) is 0 Å². The smallest absolute Gasteiger partial charge is 0.404 e. The minimum atomic E-state index is -1.02. The number of anilines is 1. The number of carbonyl (C=O) groups is 2. The van der Waals surface area contributed by atoms with Gasteiger partial charge in [-0.2, -0.15) is 0 Å². The molecule has 1 saturated carbocycles. The minimum Gasteiger partial charge on any atom is -0.465 e. The number of aromatic nitrogens is 1. The largest absolute Gasteiger partial charge is 0.465 e. The summed E-state index contributed by atoms with van der Waals surface area (Å²) in [5, 5.41) is 14.6. The lowest BCUT2D eigenvalue weighted by Gasteiger charge is -2.37. The van der Waals surface area contributed by atoms with Crippen molar-refractivity contribution in [2.45, 2.75) is 44.3 Å². The summed E-state index contributed by atoms with van der Waals surface area (Å²) >= 11 is 0. The summed E-state index contributed by atoms with van der Waals surface area (Å²) in [6.45, 7) is 0.414. The second-order valence-electron chi connectivity index (χ2n) is 8.88. The molecule has 0 unspecified atom stereocenters. The van der Waals surface area contributed by atoms with Crippen LogP contribution in [0.2, 0.25) is 0 Å². The zero-order chi connectivity index (χ0) is 24.8. The molecular weight excluding hydrogens is 444 g/mol. The van der Waals surface area contributed by atoms with E-state index in [1.54, 1.807) is 24.2 Å². The number of hydrogen-bond donors (Lipinski definition) is 3. The maximum absolute atomic E-state index is 13.4. The van der Waals surface area contributed by atoms with E-state index in [2.05, 4.69) is 10.6 Å². The van der Waals surface area contributed by atoms with Crippen molar-refractivity contribution in [3.8, 4) is 11.1 Å². The molecule has 0 spiro atoms. The number of hydrogen-bond acceptors (Lipinski definition) is 3. The standard InChI is InChI=1S/C27H30N4O4/c1-30-16-15-21(17-25(30)32)20-7-11-23(12-8-20)31(24-13-9-22(10-14-24)29-27(34)35)26(33)28-18-19-5-3-2-4-6-19/h2-8,11-12,15-17,22,24,29H,9-10,13-14,18H2,1H3,(H,28,33)(H,34,35)/t22-,24-. The first-order valence-electron chi connectivity index (χ1n) is 11.8. The summed E-state index contributed by atoms with van der Waals surface area (Å²) in [5.74, 6) is 0. The van der Waals surface area contributed by atoms with E-state index in [1.807, 2.05) is 60.7 Å². The number of amides is 3. The van der Waals surface area contributed by atoms with Crippen LogP contribution in [0.3, 0.4) is 0 Å². The van der Waals surface area contributed by atoms with E-state index < -0.39 is 6.09 Å². The Kier molecular flexibility index (Phi) is 7.50. The average molecular weight is 475 g/mol. The van der Waals surface area contributed by atoms with Crippen LogP contribution in [0.5, 0.6) is 0 Å². The lowest BCUT2D eigenvalue weighted by atomic mass is 9.90. The van der Waals surface area contributed by atoms with E-state index in [0.717, 1.165) is 22.4 Å². The fraction of sp³-hybridized carbons (Fsp3) is 0.296. The van der Waals surface area contributed by atoms with Crippen molar-refractivity contribution in [3.63, 3.8) is 0 Å². The van der Waals surface area contributed by atoms with Crippen LogP contribution in [-0.4, -0.2) is 33.9 Å². The van der Waals surface area contributed by atoms with Crippen LogP contribution in [0.4, 0.5) is 15.3 Å². The van der Waals surface area contributed by atoms with Crippen LogP contribution < -0.4 is 21.1 Å². The van der Waals surface area contributed by atoms with Gasteiger partial charge in [0.2, 0.25) is 0 Å². The van der Waals surface area contributed by atoms with Crippen LogP contribution in [0, 0.1) is 0 Å². The van der Waals surface area contributed by atoms with Crippen LogP contribution >= 0.6 is 0 Å². The quantitative estimate of drug-likeness (QED) is 0.494. The normalized spacial score (nSPS) is 17.4. The monoisotopic (exact) mass is 474 g/mol. The molecule has 1 aromatic heterocycles. The summed E-state index contributed by atoms with van der Waals surface area (Å²) in [7, 11) is 1.71. The summed E-state index contributed by atoms with van der Waals surface area (Å²) in [5.41, 5.74) is 3.40. The first kappa shape index (κ1) is 24.1. The highest BCUT2D eigenvalue weighted by Gasteiger charge is 2.30. The number of benzene rings is 2. The molecule has 0 saturated heterocycles. The third-order valence-corrected chi connectivity index (χ3v) is 6.48. The average Bonchev–Trinajstić information content (AvgIpc) is 2.86. The van der Waals surface area contributed by atoms with Gasteiger partial charge in [0.15, 0.2) is 0 Å². The Bertz CT molecular complexity index is 1220. The molecule has 0 radical (unpaired) electrons. The zero-order valence-corrected chi connectivity index (χ0v) is 19.7. The van der Waals surface area contributed by atoms with E-state index in [9.17, 15) is 14.4 Å². The fourth-order valence-corrected chi connectivity index (χ4v) is 4.55. The van der Waals surface area contributed by atoms with Gasteiger partial charge in [0.25, 0.3) is 5.56 Å². The second-order valence-corrected chi connectivity index (χ2v) is 8.88. The van der Waals surface area contributed by atoms with Gasteiger partial charge in [0, 0.05) is 43.6 Å². The van der Waals surface area contributed by atoms with Crippen molar-refractivity contribution in [3.05, 3.63) is 88.8 Å². The number of aryl methyl sites for hydroxylation is 1. The molecule has 8 heteroatoms. The molecular formula is C27H30N4O4. The Hall–Kier alpha value is -4.07. The summed E-state index contributed by atoms with van der Waals surface area (Å²) in [6.07, 6.45) is 3.45. The molecule has 1 heterocycles. The van der Waals surface area contributed by atoms with E-state index in [1.165, 1.54) is 4.57 Å². The molecule has 4 rings (SSSR count). The van der Waals surface area contributed by atoms with Gasteiger partial charge in [-0.1, -0.05) is 42.5 Å². The maximum atomic E-state index is 13.4. The Labute approximate surface area is 204 Å². The molecule has 35 heavy (non-hydrogen) atoms. The molecule has 182 valence electrons. The van der Waals surface area contributed by atoms with Crippen LogP contribution in [0.15, 0.2) is 77.7 Å². The van der Waals surface area contributed by atoms with E-state index in [4.69, 9.17) is 5.11 Å². The first-order valence-corrected chi connectivity index (χ1v) is 11.8. The van der Waals surface area contributed by atoms with Crippen molar-refractivity contribution in [2.75, 3.05) is 4.90 Å². The van der Waals surface area contributed by atoms with Crippen molar-refractivity contribution in [1.29, 1.82) is 0 Å².